The summed E-state index contributed by atoms with van der Waals surface area (Å²) in [6.07, 6.45) is -1.99. The molecule has 2 aliphatic heterocycles. The highest BCUT2D eigenvalue weighted by molar-refractivity contribution is 5.92. The van der Waals surface area contributed by atoms with Gasteiger partial charge in [-0.3, -0.25) is 9.59 Å². The molecule has 0 aromatic heterocycles. The molecular formula is C66H76O14. The lowest BCUT2D eigenvalue weighted by molar-refractivity contribution is -0.367. The van der Waals surface area contributed by atoms with Crippen molar-refractivity contribution in [2.24, 2.45) is 50.2 Å². The van der Waals surface area contributed by atoms with Crippen LogP contribution in [0.2, 0.25) is 0 Å². The van der Waals surface area contributed by atoms with Crippen LogP contribution in [-0.4, -0.2) is 90.9 Å². The Morgan fingerprint density at radius 1 is 0.537 bits per heavy atom. The van der Waals surface area contributed by atoms with Crippen LogP contribution in [0.25, 0.3) is 0 Å². The fourth-order valence-electron chi connectivity index (χ4n) is 17.1. The number of benzene rings is 4. The van der Waals surface area contributed by atoms with Crippen LogP contribution in [0, 0.1) is 50.2 Å². The standard InChI is InChI=1S/C66H76O14/c1-40(67)74-49-30-31-62(6)46(61(49,4)5)29-32-63(7)47(62)37-50(66-48-38-60(2,3)33-35-65(48,59(72)80-66)36-34-64(63,66)8)76-58-53(79-57(71)44-27-19-12-20-28-44)52(78-56(70)43-25-17-11-18-26-43)51(77-55(69)42-23-15-10-16-24-42)45(75-58)39-73-54(68)41-21-13-9-14-22-41/h9-28,45-53,58H,29-39H2,1-8H3/t45-,46+,47-,48-,49+,50+,51-,52+,53-,58+,62+,63-,64+,65+,66-/m1/s1. The number of carbonyl (C=O) groups is 6. The molecule has 15 atom stereocenters. The first-order valence-corrected chi connectivity index (χ1v) is 28.8. The molecule has 4 aromatic carbocycles. The average molecular weight is 1090 g/mol. The van der Waals surface area contributed by atoms with Crippen molar-refractivity contribution in [3.63, 3.8) is 0 Å². The van der Waals surface area contributed by atoms with E-state index in [0.717, 1.165) is 25.7 Å². The Morgan fingerprint density at radius 3 is 1.60 bits per heavy atom. The summed E-state index contributed by atoms with van der Waals surface area (Å²) in [6.45, 7) is 17.1. The zero-order valence-corrected chi connectivity index (χ0v) is 47.3. The summed E-state index contributed by atoms with van der Waals surface area (Å²) in [5.74, 6) is -3.84. The number of hydrogen-bond acceptors (Lipinski definition) is 14. The molecule has 0 unspecified atom stereocenters. The zero-order valence-electron chi connectivity index (χ0n) is 47.3. The van der Waals surface area contributed by atoms with Crippen LogP contribution in [-0.2, 0) is 47.5 Å². The highest BCUT2D eigenvalue weighted by Crippen LogP contribution is 2.81. The van der Waals surface area contributed by atoms with Crippen molar-refractivity contribution in [3.8, 4) is 0 Å². The molecular weight excluding hydrogens is 1020 g/mol. The van der Waals surface area contributed by atoms with E-state index in [1.165, 1.54) is 6.92 Å². The van der Waals surface area contributed by atoms with Gasteiger partial charge in [-0.25, -0.2) is 19.2 Å². The minimum absolute atomic E-state index is 0.0434. The summed E-state index contributed by atoms with van der Waals surface area (Å²) in [5, 5.41) is 0. The molecule has 5 saturated carbocycles. The average Bonchev–Trinajstić information content (AvgIpc) is 2.92. The highest BCUT2D eigenvalue weighted by Gasteiger charge is 2.84. The number of rotatable bonds is 12. The summed E-state index contributed by atoms with van der Waals surface area (Å²) in [7, 11) is 0. The first kappa shape index (κ1) is 55.5. The van der Waals surface area contributed by atoms with Gasteiger partial charge in [0.2, 0.25) is 0 Å². The third-order valence-electron chi connectivity index (χ3n) is 21.3. The van der Waals surface area contributed by atoms with Crippen molar-refractivity contribution in [2.75, 3.05) is 6.61 Å². The molecule has 7 fully saturated rings. The maximum absolute atomic E-state index is 15.3. The number of ether oxygens (including phenoxy) is 8. The van der Waals surface area contributed by atoms with Crippen LogP contribution in [0.4, 0.5) is 0 Å². The van der Waals surface area contributed by atoms with E-state index in [-0.39, 0.29) is 68.9 Å². The van der Waals surface area contributed by atoms with Gasteiger partial charge in [0.15, 0.2) is 24.6 Å². The quantitative estimate of drug-likeness (QED) is 0.0744. The monoisotopic (exact) mass is 1090 g/mol. The van der Waals surface area contributed by atoms with Crippen molar-refractivity contribution in [2.45, 2.75) is 168 Å². The minimum atomic E-state index is -1.65. The molecule has 14 heteroatoms. The van der Waals surface area contributed by atoms with E-state index in [9.17, 15) is 24.0 Å². The van der Waals surface area contributed by atoms with E-state index >= 15 is 4.79 Å². The number of esters is 6. The Balaban J connectivity index is 1.08. The van der Waals surface area contributed by atoms with Crippen LogP contribution in [0.5, 0.6) is 0 Å². The summed E-state index contributed by atoms with van der Waals surface area (Å²) < 4.78 is 54.1. The van der Waals surface area contributed by atoms with Crippen LogP contribution in [0.15, 0.2) is 121 Å². The third-order valence-corrected chi connectivity index (χ3v) is 21.3. The summed E-state index contributed by atoms with van der Waals surface area (Å²) in [6, 6.07) is 33.3. The lowest BCUT2D eigenvalue weighted by Gasteiger charge is -2.75. The lowest BCUT2D eigenvalue weighted by atomic mass is 9.30. The molecule has 2 saturated heterocycles. The largest absolute Gasteiger partial charge is 0.462 e. The van der Waals surface area contributed by atoms with E-state index < -0.39 is 94.6 Å². The molecule has 424 valence electrons. The maximum atomic E-state index is 15.3. The molecule has 0 radical (unpaired) electrons. The smallest absolute Gasteiger partial charge is 0.338 e. The molecule has 14 nitrogen and oxygen atoms in total. The van der Waals surface area contributed by atoms with Crippen LogP contribution >= 0.6 is 0 Å². The van der Waals surface area contributed by atoms with Gasteiger partial charge in [-0.1, -0.05) is 121 Å². The third kappa shape index (κ3) is 9.05. The van der Waals surface area contributed by atoms with Gasteiger partial charge in [-0.15, -0.1) is 0 Å². The second-order valence-corrected chi connectivity index (χ2v) is 26.2. The second-order valence-electron chi connectivity index (χ2n) is 26.2. The molecule has 80 heavy (non-hydrogen) atoms. The van der Waals surface area contributed by atoms with Crippen LogP contribution < -0.4 is 0 Å². The number of hydrogen-bond donors (Lipinski definition) is 0. The topological polar surface area (TPSA) is 176 Å². The van der Waals surface area contributed by atoms with E-state index in [1.807, 2.05) is 0 Å². The van der Waals surface area contributed by atoms with Crippen LogP contribution in [0.1, 0.15) is 161 Å². The van der Waals surface area contributed by atoms with E-state index in [4.69, 9.17) is 37.9 Å². The van der Waals surface area contributed by atoms with Crippen LogP contribution in [0.3, 0.4) is 0 Å². The van der Waals surface area contributed by atoms with Gasteiger partial charge in [0.1, 0.15) is 30.5 Å². The van der Waals surface area contributed by atoms with Crippen molar-refractivity contribution < 1.29 is 66.7 Å². The normalized spacial score (nSPS) is 37.1. The molecule has 0 amide bonds. The SMILES string of the molecule is CC(=O)O[C@H]1CC[C@]2(C)[C@H]3C[C@H](O[C@@H]4O[C@H](COC(=O)c5ccccc5)[C@@H](OC(=O)c5ccccc5)[C@H](OC(=O)c5ccccc5)[C@H]4OC(=O)c4ccccc4)[C@]45OC(=O)[C@@]6(CCC(C)(C)C[C@H]64)CC[C@@]5(C)[C@]3(C)CC[C@H]2C1(C)C. The van der Waals surface area contributed by atoms with Crippen molar-refractivity contribution in [3.05, 3.63) is 144 Å². The molecule has 5 aliphatic carbocycles. The fourth-order valence-corrected chi connectivity index (χ4v) is 17.1. The Hall–Kier alpha value is -6.38. The predicted molar refractivity (Wildman–Crippen MR) is 293 cm³/mol. The molecule has 2 bridgehead atoms. The molecule has 7 aliphatic rings. The van der Waals surface area contributed by atoms with Crippen molar-refractivity contribution >= 4 is 35.8 Å². The first-order chi connectivity index (χ1) is 38.1. The van der Waals surface area contributed by atoms with Gasteiger partial charge < -0.3 is 37.9 Å². The van der Waals surface area contributed by atoms with Crippen molar-refractivity contribution in [1.82, 2.24) is 0 Å². The maximum Gasteiger partial charge on any atom is 0.338 e. The minimum Gasteiger partial charge on any atom is -0.462 e. The van der Waals surface area contributed by atoms with Gasteiger partial charge in [0.05, 0.1) is 27.7 Å². The Kier molecular flexibility index (Phi) is 14.3. The van der Waals surface area contributed by atoms with Gasteiger partial charge >= 0.3 is 35.8 Å². The summed E-state index contributed by atoms with van der Waals surface area (Å²) in [5.41, 5.74) is -3.20. The molecule has 11 rings (SSSR count). The van der Waals surface area contributed by atoms with Gasteiger partial charge in [0.25, 0.3) is 0 Å². The lowest BCUT2D eigenvalue weighted by Crippen LogP contribution is -2.77. The van der Waals surface area contributed by atoms with Crippen molar-refractivity contribution in [1.29, 1.82) is 0 Å². The van der Waals surface area contributed by atoms with E-state index in [0.29, 0.717) is 38.5 Å². The fraction of sp³-hybridized carbons (Fsp3) is 0.545. The Labute approximate surface area is 469 Å². The molecule has 4 aromatic rings. The van der Waals surface area contributed by atoms with Gasteiger partial charge in [0, 0.05) is 23.7 Å². The molecule has 2 heterocycles. The number of carbonyl (C=O) groups excluding carboxylic acids is 6. The molecule has 0 N–H and O–H groups in total. The van der Waals surface area contributed by atoms with Gasteiger partial charge in [-0.05, 0) is 141 Å². The highest BCUT2D eigenvalue weighted by atomic mass is 16.7. The second kappa shape index (κ2) is 20.6. The Morgan fingerprint density at radius 2 is 1.05 bits per heavy atom. The number of fused-ring (bicyclic) bond motifs is 4. The van der Waals surface area contributed by atoms with Gasteiger partial charge in [-0.2, -0.15) is 0 Å². The predicted octanol–water partition coefficient (Wildman–Crippen LogP) is 11.7. The zero-order chi connectivity index (χ0) is 56.6. The first-order valence-electron chi connectivity index (χ1n) is 28.8. The summed E-state index contributed by atoms with van der Waals surface area (Å²) in [4.78, 5) is 85.8. The van der Waals surface area contributed by atoms with E-state index in [2.05, 4.69) is 48.5 Å². The Bertz CT molecular complexity index is 3000. The molecule has 1 spiro atoms. The summed E-state index contributed by atoms with van der Waals surface area (Å²) >= 11 is 0. The van der Waals surface area contributed by atoms with E-state index in [1.54, 1.807) is 121 Å².